The molecule has 1 heterocycles. The van der Waals surface area contributed by atoms with Crippen molar-refractivity contribution in [1.29, 1.82) is 0 Å². The molecule has 1 unspecified atom stereocenters. The number of carbonyl (C=O) groups is 1. The Morgan fingerprint density at radius 3 is 2.53 bits per heavy atom. The van der Waals surface area contributed by atoms with Crippen molar-refractivity contribution in [2.45, 2.75) is 45.5 Å². The van der Waals surface area contributed by atoms with Gasteiger partial charge in [-0.25, -0.2) is 0 Å². The number of benzene rings is 2. The first kappa shape index (κ1) is 25.5. The third-order valence-corrected chi connectivity index (χ3v) is 5.64. The Bertz CT molecular complexity index is 1170. The number of amides is 1. The monoisotopic (exact) mass is 492 g/mol. The number of aromatic nitrogens is 3. The van der Waals surface area contributed by atoms with Crippen molar-refractivity contribution in [2.24, 2.45) is 5.92 Å². The van der Waals surface area contributed by atoms with Gasteiger partial charge in [-0.2, -0.15) is 18.3 Å². The topological polar surface area (TPSA) is 71.9 Å². The van der Waals surface area contributed by atoms with Gasteiger partial charge in [0.05, 0.1) is 18.7 Å². The molecule has 182 valence electrons. The molecule has 0 saturated carbocycles. The summed E-state index contributed by atoms with van der Waals surface area (Å²) in [5.41, 5.74) is 0.493. The van der Waals surface area contributed by atoms with E-state index in [1.807, 2.05) is 26.0 Å². The van der Waals surface area contributed by atoms with E-state index in [-0.39, 0.29) is 24.8 Å². The summed E-state index contributed by atoms with van der Waals surface area (Å²) in [6.07, 6.45) is -3.85. The molecule has 0 aliphatic carbocycles. The van der Waals surface area contributed by atoms with Crippen molar-refractivity contribution >= 4 is 18.1 Å². The molecule has 1 atom stereocenters. The SMILES string of the molecule is COc1ccc(-c2n[nH]c(=S)n2CCC(=O)NC(CC(C)C)c2cccc(C(F)(F)F)c2)cc1. The van der Waals surface area contributed by atoms with Crippen molar-refractivity contribution in [3.8, 4) is 17.1 Å². The minimum absolute atomic E-state index is 0.0878. The highest BCUT2D eigenvalue weighted by Gasteiger charge is 2.31. The van der Waals surface area contributed by atoms with Gasteiger partial charge in [0, 0.05) is 18.5 Å². The van der Waals surface area contributed by atoms with Gasteiger partial charge in [0.2, 0.25) is 5.91 Å². The number of hydrogen-bond donors (Lipinski definition) is 2. The molecule has 3 rings (SSSR count). The Morgan fingerprint density at radius 1 is 1.21 bits per heavy atom. The average Bonchev–Trinajstić information content (AvgIpc) is 3.16. The predicted octanol–water partition coefficient (Wildman–Crippen LogP) is 5.93. The Balaban J connectivity index is 1.74. The molecule has 6 nitrogen and oxygen atoms in total. The van der Waals surface area contributed by atoms with Crippen LogP contribution in [0.3, 0.4) is 0 Å². The summed E-state index contributed by atoms with van der Waals surface area (Å²) in [5.74, 6) is 1.17. The van der Waals surface area contributed by atoms with E-state index < -0.39 is 17.8 Å². The van der Waals surface area contributed by atoms with E-state index in [2.05, 4.69) is 15.5 Å². The third-order valence-electron chi connectivity index (χ3n) is 5.33. The lowest BCUT2D eigenvalue weighted by atomic mass is 9.95. The maximum absolute atomic E-state index is 13.2. The summed E-state index contributed by atoms with van der Waals surface area (Å²) in [6, 6.07) is 11.8. The number of halogens is 3. The van der Waals surface area contributed by atoms with Gasteiger partial charge in [-0.3, -0.25) is 14.5 Å². The highest BCUT2D eigenvalue weighted by molar-refractivity contribution is 7.71. The zero-order chi connectivity index (χ0) is 24.9. The second-order valence-electron chi connectivity index (χ2n) is 8.36. The summed E-state index contributed by atoms with van der Waals surface area (Å²) >= 11 is 5.33. The highest BCUT2D eigenvalue weighted by Crippen LogP contribution is 2.32. The molecule has 0 aliphatic heterocycles. The lowest BCUT2D eigenvalue weighted by molar-refractivity contribution is -0.137. The summed E-state index contributed by atoms with van der Waals surface area (Å²) in [7, 11) is 1.58. The minimum Gasteiger partial charge on any atom is -0.497 e. The van der Waals surface area contributed by atoms with E-state index >= 15 is 0 Å². The molecule has 1 amide bonds. The number of H-pyrrole nitrogens is 1. The van der Waals surface area contributed by atoms with Gasteiger partial charge in [0.25, 0.3) is 0 Å². The maximum Gasteiger partial charge on any atom is 0.416 e. The molecular weight excluding hydrogens is 465 g/mol. The second kappa shape index (κ2) is 10.9. The molecule has 2 N–H and O–H groups in total. The van der Waals surface area contributed by atoms with Gasteiger partial charge < -0.3 is 10.1 Å². The second-order valence-corrected chi connectivity index (χ2v) is 8.74. The summed E-state index contributed by atoms with van der Waals surface area (Å²) in [5, 5.41) is 9.91. The van der Waals surface area contributed by atoms with E-state index in [1.54, 1.807) is 29.9 Å². The third kappa shape index (κ3) is 6.47. The van der Waals surface area contributed by atoms with E-state index in [0.29, 0.717) is 28.3 Å². The van der Waals surface area contributed by atoms with Gasteiger partial charge in [-0.1, -0.05) is 26.0 Å². The molecule has 0 radical (unpaired) electrons. The lowest BCUT2D eigenvalue weighted by Crippen LogP contribution is -2.30. The lowest BCUT2D eigenvalue weighted by Gasteiger charge is -2.22. The van der Waals surface area contributed by atoms with Crippen LogP contribution in [0.4, 0.5) is 13.2 Å². The normalized spacial score (nSPS) is 12.6. The molecule has 34 heavy (non-hydrogen) atoms. The Morgan fingerprint density at radius 2 is 1.91 bits per heavy atom. The van der Waals surface area contributed by atoms with E-state index in [9.17, 15) is 18.0 Å². The quantitative estimate of drug-likeness (QED) is 0.363. The van der Waals surface area contributed by atoms with Gasteiger partial charge in [0.15, 0.2) is 10.6 Å². The Labute approximate surface area is 201 Å². The smallest absolute Gasteiger partial charge is 0.416 e. The molecule has 0 fully saturated rings. The van der Waals surface area contributed by atoms with Crippen molar-refractivity contribution in [3.05, 3.63) is 64.4 Å². The van der Waals surface area contributed by atoms with E-state index in [4.69, 9.17) is 17.0 Å². The van der Waals surface area contributed by atoms with Crippen LogP contribution in [-0.4, -0.2) is 27.8 Å². The predicted molar refractivity (Wildman–Crippen MR) is 126 cm³/mol. The average molecular weight is 493 g/mol. The highest BCUT2D eigenvalue weighted by atomic mass is 32.1. The Hall–Kier alpha value is -3.14. The molecule has 0 bridgehead atoms. The minimum atomic E-state index is -4.45. The number of hydrogen-bond acceptors (Lipinski definition) is 4. The van der Waals surface area contributed by atoms with Crippen molar-refractivity contribution in [2.75, 3.05) is 7.11 Å². The summed E-state index contributed by atoms with van der Waals surface area (Å²) in [4.78, 5) is 12.8. The first-order chi connectivity index (χ1) is 16.1. The first-order valence-electron chi connectivity index (χ1n) is 10.8. The van der Waals surface area contributed by atoms with Crippen LogP contribution in [0.15, 0.2) is 48.5 Å². The molecule has 0 spiro atoms. The fourth-order valence-corrected chi connectivity index (χ4v) is 3.87. The largest absolute Gasteiger partial charge is 0.497 e. The molecule has 3 aromatic rings. The van der Waals surface area contributed by atoms with Crippen molar-refractivity contribution < 1.29 is 22.7 Å². The van der Waals surface area contributed by atoms with Crippen LogP contribution >= 0.6 is 12.2 Å². The van der Waals surface area contributed by atoms with Gasteiger partial charge in [-0.15, -0.1) is 0 Å². The standard InChI is InChI=1S/C24H27F3N4O2S/c1-15(2)13-20(17-5-4-6-18(14-17)24(25,26)27)28-21(32)11-12-31-22(29-30-23(31)34)16-7-9-19(33-3)10-8-16/h4-10,14-15,20H,11-13H2,1-3H3,(H,28,32)(H,30,34). The molecule has 0 saturated heterocycles. The number of nitrogens with one attached hydrogen (secondary N) is 2. The van der Waals surface area contributed by atoms with Crippen molar-refractivity contribution in [3.63, 3.8) is 0 Å². The number of aromatic amines is 1. The van der Waals surface area contributed by atoms with Crippen LogP contribution in [0.5, 0.6) is 5.75 Å². The van der Waals surface area contributed by atoms with Gasteiger partial charge in [-0.05, 0) is 66.5 Å². The van der Waals surface area contributed by atoms with E-state index in [0.717, 1.165) is 17.7 Å². The first-order valence-corrected chi connectivity index (χ1v) is 11.3. The Kier molecular flexibility index (Phi) is 8.14. The zero-order valence-corrected chi connectivity index (χ0v) is 20.0. The van der Waals surface area contributed by atoms with Gasteiger partial charge in [0.1, 0.15) is 5.75 Å². The number of ether oxygens (including phenoxy) is 1. The number of carbonyl (C=O) groups excluding carboxylic acids is 1. The number of alkyl halides is 3. The van der Waals surface area contributed by atoms with Crippen LogP contribution in [0.25, 0.3) is 11.4 Å². The number of rotatable bonds is 9. The fourth-order valence-electron chi connectivity index (χ4n) is 3.65. The molecule has 10 heteroatoms. The van der Waals surface area contributed by atoms with Gasteiger partial charge >= 0.3 is 6.18 Å². The zero-order valence-electron chi connectivity index (χ0n) is 19.1. The van der Waals surface area contributed by atoms with E-state index in [1.165, 1.54) is 6.07 Å². The summed E-state index contributed by atoms with van der Waals surface area (Å²) < 4.78 is 46.8. The maximum atomic E-state index is 13.2. The van der Waals surface area contributed by atoms with Crippen LogP contribution in [0, 0.1) is 10.7 Å². The number of nitrogens with zero attached hydrogens (tertiary/aromatic N) is 2. The molecule has 1 aromatic heterocycles. The number of methoxy groups -OCH3 is 1. The molecular formula is C24H27F3N4O2S. The fraction of sp³-hybridized carbons (Fsp3) is 0.375. The molecule has 0 aliphatic rings. The van der Waals surface area contributed by atoms with Crippen LogP contribution in [-0.2, 0) is 17.5 Å². The van der Waals surface area contributed by atoms with Crippen LogP contribution in [0.2, 0.25) is 0 Å². The van der Waals surface area contributed by atoms with Crippen LogP contribution in [0.1, 0.15) is 43.9 Å². The van der Waals surface area contributed by atoms with Crippen molar-refractivity contribution in [1.82, 2.24) is 20.1 Å². The molecule has 2 aromatic carbocycles. The summed E-state index contributed by atoms with van der Waals surface area (Å²) in [6.45, 7) is 4.18. The van der Waals surface area contributed by atoms with Crippen LogP contribution < -0.4 is 10.1 Å².